The number of rotatable bonds is 8. The fraction of sp³-hybridized carbons (Fsp3) is 0.600. The molecule has 0 spiro atoms. The van der Waals surface area contributed by atoms with Gasteiger partial charge in [-0.1, -0.05) is 39.3 Å². The molecule has 0 aliphatic heterocycles. The molecular formula is C15H26BNO3. The zero-order valence-corrected chi connectivity index (χ0v) is 13.0. The maximum atomic E-state index is 9.40. The van der Waals surface area contributed by atoms with Gasteiger partial charge >= 0.3 is 7.12 Å². The second-order valence-electron chi connectivity index (χ2n) is 5.29. The molecule has 0 aromatic heterocycles. The van der Waals surface area contributed by atoms with Crippen molar-refractivity contribution in [3.63, 3.8) is 0 Å². The Hall–Kier alpha value is -1.04. The molecule has 5 heteroatoms. The van der Waals surface area contributed by atoms with Gasteiger partial charge in [0.15, 0.2) is 0 Å². The first-order valence-electron chi connectivity index (χ1n) is 7.27. The van der Waals surface area contributed by atoms with Crippen LogP contribution in [0.4, 0.5) is 0 Å². The van der Waals surface area contributed by atoms with E-state index in [0.717, 1.165) is 25.2 Å². The van der Waals surface area contributed by atoms with Crippen molar-refractivity contribution in [3.05, 3.63) is 23.8 Å². The summed E-state index contributed by atoms with van der Waals surface area (Å²) in [5.41, 5.74) is 1.49. The molecule has 0 amide bonds. The molecule has 2 N–H and O–H groups in total. The first-order valence-corrected chi connectivity index (χ1v) is 7.27. The van der Waals surface area contributed by atoms with E-state index in [9.17, 15) is 10.0 Å². The summed E-state index contributed by atoms with van der Waals surface area (Å²) in [6.45, 7) is 9.44. The van der Waals surface area contributed by atoms with Gasteiger partial charge in [0, 0.05) is 18.6 Å². The SMILES string of the molecule is CCC(C)CN(CC)Cc1ccc(OC)c(B(O)O)c1. The van der Waals surface area contributed by atoms with Gasteiger partial charge in [-0.05, 0) is 24.1 Å². The summed E-state index contributed by atoms with van der Waals surface area (Å²) in [5.74, 6) is 1.17. The Morgan fingerprint density at radius 1 is 1.30 bits per heavy atom. The molecule has 1 aromatic carbocycles. The van der Waals surface area contributed by atoms with Gasteiger partial charge in [-0.15, -0.1) is 0 Å². The largest absolute Gasteiger partial charge is 0.497 e. The van der Waals surface area contributed by atoms with Crippen molar-refractivity contribution in [1.82, 2.24) is 4.90 Å². The normalized spacial score (nSPS) is 12.6. The molecule has 0 radical (unpaired) electrons. The monoisotopic (exact) mass is 279 g/mol. The van der Waals surface area contributed by atoms with Crippen LogP contribution in [0.1, 0.15) is 32.8 Å². The molecule has 0 aliphatic carbocycles. The molecule has 0 bridgehead atoms. The van der Waals surface area contributed by atoms with Gasteiger partial charge in [0.1, 0.15) is 5.75 Å². The predicted molar refractivity (Wildman–Crippen MR) is 83.2 cm³/mol. The Labute approximate surface area is 122 Å². The van der Waals surface area contributed by atoms with Gasteiger partial charge in [-0.2, -0.15) is 0 Å². The molecule has 20 heavy (non-hydrogen) atoms. The summed E-state index contributed by atoms with van der Waals surface area (Å²) in [7, 11) is 0.0249. The molecule has 1 unspecified atom stereocenters. The van der Waals surface area contributed by atoms with E-state index in [0.29, 0.717) is 17.1 Å². The number of ether oxygens (including phenoxy) is 1. The number of hydrogen-bond donors (Lipinski definition) is 2. The first-order chi connectivity index (χ1) is 9.51. The second kappa shape index (κ2) is 8.30. The molecule has 1 aromatic rings. The molecule has 112 valence electrons. The van der Waals surface area contributed by atoms with Crippen molar-refractivity contribution < 1.29 is 14.8 Å². The summed E-state index contributed by atoms with van der Waals surface area (Å²) in [5, 5.41) is 18.8. The molecule has 0 saturated heterocycles. The van der Waals surface area contributed by atoms with Crippen molar-refractivity contribution in [2.45, 2.75) is 33.7 Å². The van der Waals surface area contributed by atoms with E-state index >= 15 is 0 Å². The zero-order chi connectivity index (χ0) is 15.1. The highest BCUT2D eigenvalue weighted by molar-refractivity contribution is 6.59. The van der Waals surface area contributed by atoms with Crippen LogP contribution in [0, 0.1) is 5.92 Å². The van der Waals surface area contributed by atoms with Crippen LogP contribution in [0.5, 0.6) is 5.75 Å². The lowest BCUT2D eigenvalue weighted by Gasteiger charge is -2.24. The standard InChI is InChI=1S/C15H26BNO3/c1-5-12(3)10-17(6-2)11-13-7-8-15(20-4)14(9-13)16(18)19/h7-9,12,18-19H,5-6,10-11H2,1-4H3. The van der Waals surface area contributed by atoms with Crippen LogP contribution in [0.3, 0.4) is 0 Å². The van der Waals surface area contributed by atoms with Crippen LogP contribution in [-0.2, 0) is 6.54 Å². The Balaban J connectivity index is 2.83. The summed E-state index contributed by atoms with van der Waals surface area (Å²) in [6, 6.07) is 5.58. The highest BCUT2D eigenvalue weighted by atomic mass is 16.5. The molecule has 0 heterocycles. The average molecular weight is 279 g/mol. The minimum absolute atomic E-state index is 0.421. The predicted octanol–water partition coefficient (Wildman–Crippen LogP) is 1.24. The second-order valence-corrected chi connectivity index (χ2v) is 5.29. The van der Waals surface area contributed by atoms with Crippen LogP contribution in [-0.4, -0.2) is 42.3 Å². The van der Waals surface area contributed by atoms with E-state index in [1.54, 1.807) is 6.07 Å². The number of benzene rings is 1. The van der Waals surface area contributed by atoms with Crippen LogP contribution in [0.25, 0.3) is 0 Å². The topological polar surface area (TPSA) is 52.9 Å². The van der Waals surface area contributed by atoms with E-state index in [4.69, 9.17) is 4.74 Å². The lowest BCUT2D eigenvalue weighted by atomic mass is 9.78. The number of hydrogen-bond acceptors (Lipinski definition) is 4. The van der Waals surface area contributed by atoms with Crippen molar-refractivity contribution in [3.8, 4) is 5.75 Å². The van der Waals surface area contributed by atoms with Gasteiger partial charge in [-0.3, -0.25) is 4.90 Å². The van der Waals surface area contributed by atoms with Crippen molar-refractivity contribution >= 4 is 12.6 Å². The average Bonchev–Trinajstić information content (AvgIpc) is 2.45. The minimum Gasteiger partial charge on any atom is -0.497 e. The van der Waals surface area contributed by atoms with Gasteiger partial charge in [0.25, 0.3) is 0 Å². The Morgan fingerprint density at radius 2 is 2.00 bits per heavy atom. The van der Waals surface area contributed by atoms with Crippen molar-refractivity contribution in [2.24, 2.45) is 5.92 Å². The highest BCUT2D eigenvalue weighted by Crippen LogP contribution is 2.13. The lowest BCUT2D eigenvalue weighted by molar-refractivity contribution is 0.238. The quantitative estimate of drug-likeness (QED) is 0.703. The molecule has 4 nitrogen and oxygen atoms in total. The minimum atomic E-state index is -1.51. The number of nitrogens with zero attached hydrogens (tertiary/aromatic N) is 1. The van der Waals surface area contributed by atoms with Crippen LogP contribution in [0.15, 0.2) is 18.2 Å². The summed E-state index contributed by atoms with van der Waals surface area (Å²) in [6.07, 6.45) is 1.17. The van der Waals surface area contributed by atoms with E-state index < -0.39 is 7.12 Å². The zero-order valence-electron chi connectivity index (χ0n) is 13.0. The summed E-state index contributed by atoms with van der Waals surface area (Å²) in [4.78, 5) is 2.36. The fourth-order valence-corrected chi connectivity index (χ4v) is 2.22. The molecule has 0 fully saturated rings. The maximum Gasteiger partial charge on any atom is 0.492 e. The number of methoxy groups -OCH3 is 1. The Kier molecular flexibility index (Phi) is 7.06. The summed E-state index contributed by atoms with van der Waals surface area (Å²) < 4.78 is 5.14. The third-order valence-corrected chi connectivity index (χ3v) is 3.69. The molecule has 0 aliphatic rings. The van der Waals surface area contributed by atoms with Gasteiger partial charge in [-0.25, -0.2) is 0 Å². The molecular weight excluding hydrogens is 253 g/mol. The van der Waals surface area contributed by atoms with Gasteiger partial charge in [0.05, 0.1) is 7.11 Å². The first kappa shape index (κ1) is 17.0. The molecule has 0 saturated carbocycles. The molecule has 1 atom stereocenters. The third kappa shape index (κ3) is 4.82. The van der Waals surface area contributed by atoms with Crippen LogP contribution < -0.4 is 10.2 Å². The van der Waals surface area contributed by atoms with Gasteiger partial charge in [0.2, 0.25) is 0 Å². The van der Waals surface area contributed by atoms with Gasteiger partial charge < -0.3 is 14.8 Å². The van der Waals surface area contributed by atoms with Crippen LogP contribution >= 0.6 is 0 Å². The van der Waals surface area contributed by atoms with E-state index in [2.05, 4.69) is 25.7 Å². The lowest BCUT2D eigenvalue weighted by Crippen LogP contribution is -2.33. The Bertz CT molecular complexity index is 412. The van der Waals surface area contributed by atoms with E-state index in [1.807, 2.05) is 12.1 Å². The Morgan fingerprint density at radius 3 is 2.50 bits per heavy atom. The van der Waals surface area contributed by atoms with Crippen molar-refractivity contribution in [1.29, 1.82) is 0 Å². The molecule has 1 rings (SSSR count). The van der Waals surface area contributed by atoms with E-state index in [1.165, 1.54) is 13.5 Å². The van der Waals surface area contributed by atoms with Crippen LogP contribution in [0.2, 0.25) is 0 Å². The van der Waals surface area contributed by atoms with E-state index in [-0.39, 0.29) is 0 Å². The smallest absolute Gasteiger partial charge is 0.492 e. The summed E-state index contributed by atoms with van der Waals surface area (Å²) >= 11 is 0. The van der Waals surface area contributed by atoms with Crippen molar-refractivity contribution in [2.75, 3.05) is 20.2 Å². The third-order valence-electron chi connectivity index (χ3n) is 3.69. The maximum absolute atomic E-state index is 9.40. The highest BCUT2D eigenvalue weighted by Gasteiger charge is 2.18. The fourth-order valence-electron chi connectivity index (χ4n) is 2.22.